The summed E-state index contributed by atoms with van der Waals surface area (Å²) in [5.74, 6) is 0. The van der Waals surface area contributed by atoms with Gasteiger partial charge in [-0.1, -0.05) is 0 Å². The average Bonchev–Trinajstić information content (AvgIpc) is 3.20. The summed E-state index contributed by atoms with van der Waals surface area (Å²) in [7, 11) is 2.81. The van der Waals surface area contributed by atoms with Crippen molar-refractivity contribution in [1.82, 2.24) is 39.0 Å². The summed E-state index contributed by atoms with van der Waals surface area (Å²) in [5.41, 5.74) is -0.433. The average molecular weight is 332 g/mol. The second kappa shape index (κ2) is 5.49. The van der Waals surface area contributed by atoms with Crippen LogP contribution < -0.4 is 22.5 Å². The minimum atomic E-state index is -0.459. The van der Waals surface area contributed by atoms with Crippen molar-refractivity contribution in [3.63, 3.8) is 0 Å². The van der Waals surface area contributed by atoms with Crippen LogP contribution in [0.25, 0.3) is 22.3 Å². The first-order chi connectivity index (χ1) is 11.4. The third kappa shape index (κ3) is 2.35. The molecule has 0 fully saturated rings. The number of hydrogen-bond acceptors (Lipinski definition) is 6. The smallest absolute Gasteiger partial charge is 0.329 e. The van der Waals surface area contributed by atoms with Gasteiger partial charge in [0.2, 0.25) is 0 Å². The van der Waals surface area contributed by atoms with Crippen LogP contribution in [-0.2, 0) is 14.1 Å². The number of imidazole rings is 2. The molecule has 0 aliphatic carbocycles. The summed E-state index contributed by atoms with van der Waals surface area (Å²) in [5, 5.41) is 0. The Hall–Kier alpha value is -3.70. The molecule has 4 aromatic rings. The van der Waals surface area contributed by atoms with E-state index in [1.807, 2.05) is 0 Å². The van der Waals surface area contributed by atoms with Crippen LogP contribution >= 0.6 is 0 Å². The van der Waals surface area contributed by atoms with Gasteiger partial charge in [0.15, 0.2) is 11.3 Å². The topological polar surface area (TPSA) is 167 Å². The minimum absolute atomic E-state index is 0.295. The Morgan fingerprint density at radius 2 is 1.12 bits per heavy atom. The Morgan fingerprint density at radius 3 is 1.50 bits per heavy atom. The molecule has 0 aliphatic rings. The lowest BCUT2D eigenvalue weighted by Crippen LogP contribution is -2.32. The number of nitrogens with one attached hydrogen (secondary N) is 4. The standard InChI is InChI=1S/2C6H6N4O2/c2*1-10-5(11)3-4(8-2-7-3)9-6(10)12/h2*2H,1H3,(H,7,8)(H,9,12). The van der Waals surface area contributed by atoms with E-state index in [1.54, 1.807) is 0 Å². The second-order valence-corrected chi connectivity index (χ2v) is 4.84. The zero-order chi connectivity index (χ0) is 17.4. The van der Waals surface area contributed by atoms with Crippen molar-refractivity contribution in [2.24, 2.45) is 14.1 Å². The lowest BCUT2D eigenvalue weighted by atomic mass is 10.5. The van der Waals surface area contributed by atoms with Gasteiger partial charge in [0.1, 0.15) is 11.0 Å². The molecule has 0 saturated carbocycles. The van der Waals surface area contributed by atoms with Crippen LogP contribution in [-0.4, -0.2) is 39.0 Å². The van der Waals surface area contributed by atoms with Crippen molar-refractivity contribution >= 4 is 22.3 Å². The van der Waals surface area contributed by atoms with Crippen LogP contribution in [0.1, 0.15) is 0 Å². The van der Waals surface area contributed by atoms with E-state index < -0.39 is 11.4 Å². The third-order valence-electron chi connectivity index (χ3n) is 3.38. The van der Waals surface area contributed by atoms with Crippen molar-refractivity contribution in [1.29, 1.82) is 0 Å². The predicted octanol–water partition coefficient (Wildman–Crippen LogP) is -2.10. The molecule has 4 heterocycles. The van der Waals surface area contributed by atoms with Gasteiger partial charge in [-0.2, -0.15) is 0 Å². The predicted molar refractivity (Wildman–Crippen MR) is 83.9 cm³/mol. The monoisotopic (exact) mass is 332 g/mol. The lowest BCUT2D eigenvalue weighted by Gasteiger charge is -1.93. The number of nitrogens with zero attached hydrogens (tertiary/aromatic N) is 4. The molecule has 0 saturated heterocycles. The van der Waals surface area contributed by atoms with Crippen molar-refractivity contribution in [2.75, 3.05) is 0 Å². The molecule has 0 aromatic carbocycles. The zero-order valence-electron chi connectivity index (χ0n) is 12.6. The number of hydrogen-bond donors (Lipinski definition) is 4. The Kier molecular flexibility index (Phi) is 3.48. The lowest BCUT2D eigenvalue weighted by molar-refractivity contribution is 0.790. The molecule has 0 unspecified atom stereocenters. The molecule has 0 atom stereocenters. The Morgan fingerprint density at radius 1 is 0.750 bits per heavy atom. The van der Waals surface area contributed by atoms with E-state index in [2.05, 4.69) is 29.9 Å². The number of H-pyrrole nitrogens is 4. The van der Waals surface area contributed by atoms with E-state index in [4.69, 9.17) is 0 Å². The molecule has 12 heteroatoms. The van der Waals surface area contributed by atoms with Gasteiger partial charge >= 0.3 is 11.4 Å². The van der Waals surface area contributed by atoms with Gasteiger partial charge in [-0.05, 0) is 0 Å². The SMILES string of the molecule is Cn1c(=O)[nH]c2nc[nH]c2c1=O.Cn1c(=O)[nH]c2nc[nH]c2c1=O. The fraction of sp³-hybridized carbons (Fsp3) is 0.167. The van der Waals surface area contributed by atoms with Crippen LogP contribution in [0.5, 0.6) is 0 Å². The molecule has 0 amide bonds. The van der Waals surface area contributed by atoms with E-state index >= 15 is 0 Å². The number of rotatable bonds is 0. The molecule has 124 valence electrons. The highest BCUT2D eigenvalue weighted by Gasteiger charge is 2.05. The largest absolute Gasteiger partial charge is 0.339 e. The van der Waals surface area contributed by atoms with Gasteiger partial charge < -0.3 is 9.97 Å². The highest BCUT2D eigenvalue weighted by molar-refractivity contribution is 5.68. The highest BCUT2D eigenvalue weighted by atomic mass is 16.2. The first kappa shape index (κ1) is 15.2. The van der Waals surface area contributed by atoms with Crippen LogP contribution in [0, 0.1) is 0 Å². The van der Waals surface area contributed by atoms with E-state index in [0.717, 1.165) is 9.13 Å². The minimum Gasteiger partial charge on any atom is -0.339 e. The molecule has 0 radical (unpaired) electrons. The van der Waals surface area contributed by atoms with E-state index in [0.29, 0.717) is 22.3 Å². The molecule has 0 bridgehead atoms. The van der Waals surface area contributed by atoms with Gasteiger partial charge in [-0.25, -0.2) is 19.6 Å². The highest BCUT2D eigenvalue weighted by Crippen LogP contribution is 1.94. The van der Waals surface area contributed by atoms with Gasteiger partial charge in [0, 0.05) is 14.1 Å². The van der Waals surface area contributed by atoms with Crippen molar-refractivity contribution in [3.8, 4) is 0 Å². The zero-order valence-corrected chi connectivity index (χ0v) is 12.6. The van der Waals surface area contributed by atoms with Crippen molar-refractivity contribution in [3.05, 3.63) is 54.3 Å². The van der Waals surface area contributed by atoms with Crippen LogP contribution in [0.2, 0.25) is 0 Å². The number of aromatic amines is 4. The van der Waals surface area contributed by atoms with Gasteiger partial charge in [-0.3, -0.25) is 28.7 Å². The Bertz CT molecular complexity index is 1160. The van der Waals surface area contributed by atoms with Gasteiger partial charge in [0.25, 0.3) is 11.1 Å². The molecule has 24 heavy (non-hydrogen) atoms. The van der Waals surface area contributed by atoms with Crippen molar-refractivity contribution in [2.45, 2.75) is 0 Å². The first-order valence-electron chi connectivity index (χ1n) is 6.65. The maximum absolute atomic E-state index is 11.3. The Balaban J connectivity index is 0.000000141. The number of fused-ring (bicyclic) bond motifs is 2. The summed E-state index contributed by atoms with van der Waals surface area (Å²) >= 11 is 0. The van der Waals surface area contributed by atoms with Crippen molar-refractivity contribution < 1.29 is 0 Å². The van der Waals surface area contributed by atoms with Gasteiger partial charge in [0.05, 0.1) is 12.7 Å². The van der Waals surface area contributed by atoms with Crippen LogP contribution in [0.15, 0.2) is 31.8 Å². The molecule has 12 nitrogen and oxygen atoms in total. The number of aromatic nitrogens is 8. The summed E-state index contributed by atoms with van der Waals surface area (Å²) in [6.07, 6.45) is 2.73. The van der Waals surface area contributed by atoms with E-state index in [-0.39, 0.29) is 11.1 Å². The van der Waals surface area contributed by atoms with Gasteiger partial charge in [-0.15, -0.1) is 0 Å². The first-order valence-corrected chi connectivity index (χ1v) is 6.65. The fourth-order valence-electron chi connectivity index (χ4n) is 1.99. The molecule has 4 aromatic heterocycles. The molecule has 4 rings (SSSR count). The quantitative estimate of drug-likeness (QED) is 0.288. The van der Waals surface area contributed by atoms with E-state index in [9.17, 15) is 19.2 Å². The molecular formula is C12H12N8O4. The Labute approximate surface area is 130 Å². The maximum atomic E-state index is 11.3. The fourth-order valence-corrected chi connectivity index (χ4v) is 1.99. The summed E-state index contributed by atoms with van der Waals surface area (Å²) in [6.45, 7) is 0. The second-order valence-electron chi connectivity index (χ2n) is 4.84. The third-order valence-corrected chi connectivity index (χ3v) is 3.38. The summed E-state index contributed by atoms with van der Waals surface area (Å²) in [6, 6.07) is 0. The van der Waals surface area contributed by atoms with Crippen LogP contribution in [0.4, 0.5) is 0 Å². The maximum Gasteiger partial charge on any atom is 0.329 e. The van der Waals surface area contributed by atoms with E-state index in [1.165, 1.54) is 26.7 Å². The van der Waals surface area contributed by atoms with Crippen LogP contribution in [0.3, 0.4) is 0 Å². The molecule has 4 N–H and O–H groups in total. The molecule has 0 spiro atoms. The molecular weight excluding hydrogens is 320 g/mol. The normalized spacial score (nSPS) is 10.8. The summed E-state index contributed by atoms with van der Waals surface area (Å²) < 4.78 is 1.97. The molecule has 0 aliphatic heterocycles. The summed E-state index contributed by atoms with van der Waals surface area (Å²) in [4.78, 5) is 62.3.